The van der Waals surface area contributed by atoms with Gasteiger partial charge in [-0.1, -0.05) is 41.2 Å². The fourth-order valence-corrected chi connectivity index (χ4v) is 6.50. The van der Waals surface area contributed by atoms with Crippen LogP contribution in [0.5, 0.6) is 5.75 Å². The van der Waals surface area contributed by atoms with Crippen LogP contribution < -0.4 is 19.2 Å². The van der Waals surface area contributed by atoms with Crippen molar-refractivity contribution in [3.05, 3.63) is 82.0 Å². The van der Waals surface area contributed by atoms with Crippen molar-refractivity contribution >= 4 is 48.9 Å². The van der Waals surface area contributed by atoms with Crippen molar-refractivity contribution < 1.29 is 17.9 Å². The van der Waals surface area contributed by atoms with Crippen LogP contribution in [-0.4, -0.2) is 32.0 Å². The van der Waals surface area contributed by atoms with Crippen LogP contribution in [-0.2, 0) is 14.8 Å². The molecule has 4 aromatic rings. The lowest BCUT2D eigenvalue weighted by Crippen LogP contribution is -2.38. The Labute approximate surface area is 220 Å². The first kappa shape index (κ1) is 26.4. The molecule has 0 saturated heterocycles. The number of rotatable bonds is 9. The Kier molecular flexibility index (Phi) is 7.70. The predicted molar refractivity (Wildman–Crippen MR) is 148 cm³/mol. The highest BCUT2D eigenvalue weighted by Gasteiger charge is 2.29. The van der Waals surface area contributed by atoms with Crippen molar-refractivity contribution in [1.82, 2.24) is 4.57 Å². The maximum Gasteiger partial charge on any atom is 0.308 e. The van der Waals surface area contributed by atoms with E-state index in [2.05, 4.69) is 5.32 Å². The summed E-state index contributed by atoms with van der Waals surface area (Å²) < 4.78 is 36.6. The van der Waals surface area contributed by atoms with Gasteiger partial charge in [-0.2, -0.15) is 0 Å². The number of carbonyl (C=O) groups excluding carboxylic acids is 1. The maximum atomic E-state index is 13.7. The van der Waals surface area contributed by atoms with Crippen molar-refractivity contribution in [1.29, 1.82) is 0 Å². The van der Waals surface area contributed by atoms with Crippen LogP contribution in [0.3, 0.4) is 0 Å². The summed E-state index contributed by atoms with van der Waals surface area (Å²) in [4.78, 5) is 25.6. The summed E-state index contributed by atoms with van der Waals surface area (Å²) >= 11 is 1.10. The number of benzene rings is 3. The molecule has 0 spiro atoms. The maximum absolute atomic E-state index is 13.7. The van der Waals surface area contributed by atoms with E-state index in [1.807, 2.05) is 20.8 Å². The number of nitrogens with zero attached hydrogens (tertiary/aromatic N) is 2. The average Bonchev–Trinajstić information content (AvgIpc) is 3.18. The number of fused-ring (bicyclic) bond motifs is 1. The van der Waals surface area contributed by atoms with Gasteiger partial charge in [0.15, 0.2) is 0 Å². The Morgan fingerprint density at radius 1 is 1.08 bits per heavy atom. The Morgan fingerprint density at radius 2 is 1.78 bits per heavy atom. The third kappa shape index (κ3) is 5.55. The highest BCUT2D eigenvalue weighted by molar-refractivity contribution is 7.92. The quantitative estimate of drug-likeness (QED) is 0.316. The van der Waals surface area contributed by atoms with Gasteiger partial charge in [-0.15, -0.1) is 0 Å². The van der Waals surface area contributed by atoms with Gasteiger partial charge in [0.25, 0.3) is 10.0 Å². The van der Waals surface area contributed by atoms with Gasteiger partial charge in [0, 0.05) is 11.7 Å². The SMILES string of the molecule is CCOc1ccccc1N(CC(=O)Nc1ccc2c(c1)sc(=O)n2C(C)C)S(=O)(=O)c1ccc(C)cc1. The number of thiazole rings is 1. The summed E-state index contributed by atoms with van der Waals surface area (Å²) in [6.07, 6.45) is 0. The van der Waals surface area contributed by atoms with Crippen molar-refractivity contribution in [3.63, 3.8) is 0 Å². The van der Waals surface area contributed by atoms with E-state index in [9.17, 15) is 18.0 Å². The molecule has 1 heterocycles. The Morgan fingerprint density at radius 3 is 2.46 bits per heavy atom. The van der Waals surface area contributed by atoms with Gasteiger partial charge in [0.05, 0.1) is 27.4 Å². The lowest BCUT2D eigenvalue weighted by Gasteiger charge is -2.26. The van der Waals surface area contributed by atoms with E-state index in [-0.39, 0.29) is 21.5 Å². The van der Waals surface area contributed by atoms with Gasteiger partial charge >= 0.3 is 4.87 Å². The number of aryl methyl sites for hydroxylation is 1. The molecule has 0 aliphatic rings. The number of sulfonamides is 1. The first-order valence-corrected chi connectivity index (χ1v) is 14.1. The van der Waals surface area contributed by atoms with Crippen LogP contribution in [0.2, 0.25) is 0 Å². The van der Waals surface area contributed by atoms with Crippen LogP contribution >= 0.6 is 11.3 Å². The van der Waals surface area contributed by atoms with Gasteiger partial charge in [-0.25, -0.2) is 8.42 Å². The normalized spacial score (nSPS) is 11.6. The summed E-state index contributed by atoms with van der Waals surface area (Å²) in [5.41, 5.74) is 2.45. The fraction of sp³-hybridized carbons (Fsp3) is 0.259. The molecular formula is C27H29N3O5S2. The Balaban J connectivity index is 1.68. The number of ether oxygens (including phenoxy) is 1. The zero-order valence-electron chi connectivity index (χ0n) is 21.1. The molecule has 37 heavy (non-hydrogen) atoms. The number of hydrogen-bond donors (Lipinski definition) is 1. The second kappa shape index (κ2) is 10.8. The van der Waals surface area contributed by atoms with Gasteiger partial charge in [-0.3, -0.25) is 18.5 Å². The van der Waals surface area contributed by atoms with E-state index in [4.69, 9.17) is 4.74 Å². The highest BCUT2D eigenvalue weighted by atomic mass is 32.2. The molecule has 10 heteroatoms. The number of nitrogens with one attached hydrogen (secondary N) is 1. The predicted octanol–water partition coefficient (Wildman–Crippen LogP) is 5.19. The monoisotopic (exact) mass is 539 g/mol. The summed E-state index contributed by atoms with van der Waals surface area (Å²) in [6.45, 7) is 7.41. The first-order valence-electron chi connectivity index (χ1n) is 11.9. The number of carbonyl (C=O) groups is 1. The minimum absolute atomic E-state index is 0.00707. The minimum Gasteiger partial charge on any atom is -0.492 e. The van der Waals surface area contributed by atoms with Gasteiger partial charge < -0.3 is 10.1 Å². The second-order valence-electron chi connectivity index (χ2n) is 8.79. The zero-order valence-corrected chi connectivity index (χ0v) is 22.7. The zero-order chi connectivity index (χ0) is 26.7. The molecule has 0 saturated carbocycles. The van der Waals surface area contributed by atoms with Crippen LogP contribution in [0.1, 0.15) is 32.4 Å². The van der Waals surface area contributed by atoms with Crippen molar-refractivity contribution in [2.75, 3.05) is 22.8 Å². The van der Waals surface area contributed by atoms with Gasteiger partial charge in [-0.05, 0) is 70.2 Å². The molecule has 194 valence electrons. The van der Waals surface area contributed by atoms with Crippen LogP contribution in [0.25, 0.3) is 10.2 Å². The molecule has 0 bridgehead atoms. The topological polar surface area (TPSA) is 97.7 Å². The third-order valence-electron chi connectivity index (χ3n) is 5.74. The molecule has 0 unspecified atom stereocenters. The van der Waals surface area contributed by atoms with Crippen molar-refractivity contribution in [2.45, 2.75) is 38.6 Å². The molecule has 4 rings (SSSR count). The second-order valence-corrected chi connectivity index (χ2v) is 11.6. The molecule has 1 aromatic heterocycles. The number of para-hydroxylation sites is 2. The lowest BCUT2D eigenvalue weighted by molar-refractivity contribution is -0.114. The van der Waals surface area contributed by atoms with Gasteiger partial charge in [0.2, 0.25) is 5.91 Å². The fourth-order valence-electron chi connectivity index (χ4n) is 4.01. The summed E-state index contributed by atoms with van der Waals surface area (Å²) in [5, 5.41) is 2.79. The number of anilines is 2. The summed E-state index contributed by atoms with van der Waals surface area (Å²) in [5.74, 6) is -0.174. The third-order valence-corrected chi connectivity index (χ3v) is 8.44. The van der Waals surface area contributed by atoms with E-state index in [1.54, 1.807) is 66.1 Å². The van der Waals surface area contributed by atoms with Crippen LogP contribution in [0.15, 0.2) is 76.4 Å². The van der Waals surface area contributed by atoms with E-state index >= 15 is 0 Å². The molecule has 0 atom stereocenters. The molecule has 0 radical (unpaired) electrons. The average molecular weight is 540 g/mol. The van der Waals surface area contributed by atoms with Gasteiger partial charge in [0.1, 0.15) is 12.3 Å². The molecule has 0 aliphatic heterocycles. The molecule has 1 N–H and O–H groups in total. The largest absolute Gasteiger partial charge is 0.492 e. The van der Waals surface area contributed by atoms with Crippen molar-refractivity contribution in [3.8, 4) is 5.75 Å². The van der Waals surface area contributed by atoms with Crippen LogP contribution in [0, 0.1) is 6.92 Å². The smallest absolute Gasteiger partial charge is 0.308 e. The van der Waals surface area contributed by atoms with E-state index in [0.717, 1.165) is 31.4 Å². The summed E-state index contributed by atoms with van der Waals surface area (Å²) in [6, 6.07) is 18.4. The van der Waals surface area contributed by atoms with E-state index < -0.39 is 22.5 Å². The number of hydrogen-bond acceptors (Lipinski definition) is 6. The molecule has 0 fully saturated rings. The molecular weight excluding hydrogens is 510 g/mol. The van der Waals surface area contributed by atoms with E-state index in [1.165, 1.54) is 12.1 Å². The number of amides is 1. The summed E-state index contributed by atoms with van der Waals surface area (Å²) in [7, 11) is -4.10. The Bertz CT molecular complexity index is 1590. The van der Waals surface area contributed by atoms with Crippen LogP contribution in [0.4, 0.5) is 11.4 Å². The lowest BCUT2D eigenvalue weighted by atomic mass is 10.2. The Hall–Kier alpha value is -3.63. The van der Waals surface area contributed by atoms with Crippen molar-refractivity contribution in [2.24, 2.45) is 0 Å². The molecule has 1 amide bonds. The van der Waals surface area contributed by atoms with E-state index in [0.29, 0.717) is 18.0 Å². The molecule has 0 aliphatic carbocycles. The standard InChI is InChI=1S/C27H29N3O5S2/c1-5-35-24-9-7-6-8-22(24)29(37(33,34)21-13-10-19(4)11-14-21)17-26(31)28-20-12-15-23-25(16-20)36-27(32)30(23)18(2)3/h6-16,18H,5,17H2,1-4H3,(H,28,31). The molecule has 3 aromatic carbocycles. The molecule has 8 nitrogen and oxygen atoms in total. The highest BCUT2D eigenvalue weighted by Crippen LogP contribution is 2.33. The first-order chi connectivity index (χ1) is 17.6. The minimum atomic E-state index is -4.10. The number of aromatic nitrogens is 1.